The van der Waals surface area contributed by atoms with E-state index in [1.165, 1.54) is 0 Å². The second-order valence-electron chi connectivity index (χ2n) is 5.87. The normalized spacial score (nSPS) is 20.2. The predicted octanol–water partition coefficient (Wildman–Crippen LogP) is 4.25. The van der Waals surface area contributed by atoms with Crippen molar-refractivity contribution in [2.24, 2.45) is 0 Å². The molecule has 1 aliphatic rings. The number of benzene rings is 1. The van der Waals surface area contributed by atoms with Gasteiger partial charge in [-0.05, 0) is 43.9 Å². The molecule has 1 fully saturated rings. The van der Waals surface area contributed by atoms with Crippen LogP contribution >= 0.6 is 11.6 Å². The van der Waals surface area contributed by atoms with E-state index in [4.69, 9.17) is 16.3 Å². The smallest absolute Gasteiger partial charge is 0.319 e. The Labute approximate surface area is 146 Å². The summed E-state index contributed by atoms with van der Waals surface area (Å²) in [6.07, 6.45) is 5.27. The van der Waals surface area contributed by atoms with Crippen molar-refractivity contribution in [3.8, 4) is 5.88 Å². The molecule has 24 heavy (non-hydrogen) atoms. The first-order valence-corrected chi connectivity index (χ1v) is 8.47. The molecule has 0 atom stereocenters. The third kappa shape index (κ3) is 4.86. The van der Waals surface area contributed by atoms with Gasteiger partial charge >= 0.3 is 6.03 Å². The van der Waals surface area contributed by atoms with Crippen molar-refractivity contribution in [3.63, 3.8) is 0 Å². The van der Waals surface area contributed by atoms with Crippen molar-refractivity contribution < 1.29 is 9.53 Å². The summed E-state index contributed by atoms with van der Waals surface area (Å²) in [5.41, 5.74) is 0.792. The molecular weight excluding hydrogens is 326 g/mol. The van der Waals surface area contributed by atoms with Crippen LogP contribution in [0, 0.1) is 0 Å². The number of nitrogens with zero attached hydrogens (tertiary/aromatic N) is 1. The highest BCUT2D eigenvalue weighted by Gasteiger charge is 2.23. The first kappa shape index (κ1) is 16.6. The third-order valence-corrected chi connectivity index (χ3v) is 4.25. The molecule has 1 aromatic heterocycles. The van der Waals surface area contributed by atoms with E-state index in [1.807, 2.05) is 30.3 Å². The fourth-order valence-electron chi connectivity index (χ4n) is 2.80. The van der Waals surface area contributed by atoms with Gasteiger partial charge in [-0.1, -0.05) is 29.8 Å². The lowest BCUT2D eigenvalue weighted by atomic mass is 9.93. The van der Waals surface area contributed by atoms with Gasteiger partial charge in [-0.2, -0.15) is 0 Å². The average molecular weight is 346 g/mol. The van der Waals surface area contributed by atoms with E-state index in [9.17, 15) is 4.79 Å². The Kier molecular flexibility index (Phi) is 5.54. The molecule has 0 radical (unpaired) electrons. The van der Waals surface area contributed by atoms with E-state index < -0.39 is 0 Å². The van der Waals surface area contributed by atoms with Crippen LogP contribution in [-0.2, 0) is 0 Å². The van der Waals surface area contributed by atoms with Gasteiger partial charge < -0.3 is 15.4 Å². The number of carbonyl (C=O) groups excluding carboxylic acids is 1. The van der Waals surface area contributed by atoms with Crippen LogP contribution in [-0.4, -0.2) is 23.2 Å². The second-order valence-corrected chi connectivity index (χ2v) is 6.31. The van der Waals surface area contributed by atoms with Crippen LogP contribution < -0.4 is 15.4 Å². The lowest BCUT2D eigenvalue weighted by Crippen LogP contribution is -2.41. The van der Waals surface area contributed by atoms with Crippen LogP contribution in [0.15, 0.2) is 48.7 Å². The highest BCUT2D eigenvalue weighted by Crippen LogP contribution is 2.23. The Hall–Kier alpha value is -2.27. The van der Waals surface area contributed by atoms with E-state index in [0.29, 0.717) is 10.9 Å². The lowest BCUT2D eigenvalue weighted by Gasteiger charge is -2.29. The standard InChI is InChI=1S/C18H20ClN3O2/c19-13-6-11-17(20-12-13)24-16-9-7-15(8-10-16)22-18(23)21-14-4-2-1-3-5-14/h1-6,11-12,15-16H,7-10H2,(H2,21,22,23). The molecule has 0 spiro atoms. The number of para-hydroxylation sites is 1. The summed E-state index contributed by atoms with van der Waals surface area (Å²) in [5.74, 6) is 0.595. The molecule has 5 nitrogen and oxygen atoms in total. The van der Waals surface area contributed by atoms with Gasteiger partial charge in [0.25, 0.3) is 0 Å². The number of ether oxygens (including phenoxy) is 1. The summed E-state index contributed by atoms with van der Waals surface area (Å²) in [5, 5.41) is 6.46. The Morgan fingerprint density at radius 1 is 1.08 bits per heavy atom. The molecule has 1 aliphatic carbocycles. The van der Waals surface area contributed by atoms with Crippen LogP contribution in [0.3, 0.4) is 0 Å². The molecule has 2 amide bonds. The summed E-state index contributed by atoms with van der Waals surface area (Å²) >= 11 is 5.82. The van der Waals surface area contributed by atoms with Gasteiger partial charge in [0.2, 0.25) is 5.88 Å². The van der Waals surface area contributed by atoms with Crippen molar-refractivity contribution in [1.29, 1.82) is 0 Å². The summed E-state index contributed by atoms with van der Waals surface area (Å²) in [4.78, 5) is 16.2. The zero-order chi connectivity index (χ0) is 16.8. The molecule has 0 bridgehead atoms. The minimum Gasteiger partial charge on any atom is -0.474 e. The number of halogens is 1. The Morgan fingerprint density at radius 2 is 1.83 bits per heavy atom. The topological polar surface area (TPSA) is 63.2 Å². The highest BCUT2D eigenvalue weighted by molar-refractivity contribution is 6.30. The molecule has 0 saturated heterocycles. The van der Waals surface area contributed by atoms with Gasteiger partial charge in [0, 0.05) is 24.0 Å². The van der Waals surface area contributed by atoms with E-state index in [2.05, 4.69) is 15.6 Å². The van der Waals surface area contributed by atoms with Crippen molar-refractivity contribution in [3.05, 3.63) is 53.7 Å². The van der Waals surface area contributed by atoms with E-state index >= 15 is 0 Å². The monoisotopic (exact) mass is 345 g/mol. The summed E-state index contributed by atoms with van der Waals surface area (Å²) in [6.45, 7) is 0. The molecule has 3 rings (SSSR count). The maximum Gasteiger partial charge on any atom is 0.319 e. The maximum absolute atomic E-state index is 12.0. The maximum atomic E-state index is 12.0. The number of nitrogens with one attached hydrogen (secondary N) is 2. The van der Waals surface area contributed by atoms with Crippen molar-refractivity contribution in [1.82, 2.24) is 10.3 Å². The fourth-order valence-corrected chi connectivity index (χ4v) is 2.91. The number of aromatic nitrogens is 1. The Morgan fingerprint density at radius 3 is 2.50 bits per heavy atom. The van der Waals surface area contributed by atoms with Crippen molar-refractivity contribution in [2.45, 2.75) is 37.8 Å². The first-order valence-electron chi connectivity index (χ1n) is 8.10. The summed E-state index contributed by atoms with van der Waals surface area (Å²) in [6, 6.07) is 13.0. The van der Waals surface area contributed by atoms with Crippen molar-refractivity contribution in [2.75, 3.05) is 5.32 Å². The number of hydrogen-bond acceptors (Lipinski definition) is 3. The minimum absolute atomic E-state index is 0.133. The Balaban J connectivity index is 1.41. The SMILES string of the molecule is O=C(Nc1ccccc1)NC1CCC(Oc2ccc(Cl)cn2)CC1. The first-order chi connectivity index (χ1) is 11.7. The molecular formula is C18H20ClN3O2. The largest absolute Gasteiger partial charge is 0.474 e. The molecule has 2 N–H and O–H groups in total. The molecule has 1 saturated carbocycles. The van der Waals surface area contributed by atoms with E-state index in [0.717, 1.165) is 31.4 Å². The van der Waals surface area contributed by atoms with Crippen LogP contribution in [0.4, 0.5) is 10.5 Å². The summed E-state index contributed by atoms with van der Waals surface area (Å²) < 4.78 is 5.86. The average Bonchev–Trinajstić information content (AvgIpc) is 2.59. The molecule has 126 valence electrons. The Bertz CT molecular complexity index is 656. The number of amides is 2. The zero-order valence-corrected chi connectivity index (χ0v) is 14.0. The molecule has 1 heterocycles. The van der Waals surface area contributed by atoms with Crippen LogP contribution in [0.5, 0.6) is 5.88 Å². The van der Waals surface area contributed by atoms with Gasteiger partial charge in [0.1, 0.15) is 6.10 Å². The van der Waals surface area contributed by atoms with Gasteiger partial charge in [-0.25, -0.2) is 9.78 Å². The van der Waals surface area contributed by atoms with Crippen LogP contribution in [0.2, 0.25) is 5.02 Å². The number of pyridine rings is 1. The van der Waals surface area contributed by atoms with Gasteiger partial charge in [0.15, 0.2) is 0 Å². The zero-order valence-electron chi connectivity index (χ0n) is 13.2. The van der Waals surface area contributed by atoms with Gasteiger partial charge in [-0.3, -0.25) is 0 Å². The number of rotatable bonds is 4. The number of anilines is 1. The lowest BCUT2D eigenvalue weighted by molar-refractivity contribution is 0.135. The number of hydrogen-bond donors (Lipinski definition) is 2. The molecule has 0 unspecified atom stereocenters. The molecule has 2 aromatic rings. The quantitative estimate of drug-likeness (QED) is 0.870. The summed E-state index contributed by atoms with van der Waals surface area (Å²) in [7, 11) is 0. The van der Waals surface area contributed by atoms with E-state index in [-0.39, 0.29) is 18.2 Å². The molecule has 1 aromatic carbocycles. The highest BCUT2D eigenvalue weighted by atomic mass is 35.5. The van der Waals surface area contributed by atoms with Crippen LogP contribution in [0.25, 0.3) is 0 Å². The molecule has 0 aliphatic heterocycles. The van der Waals surface area contributed by atoms with Crippen LogP contribution in [0.1, 0.15) is 25.7 Å². The third-order valence-electron chi connectivity index (χ3n) is 4.03. The predicted molar refractivity (Wildman–Crippen MR) is 94.5 cm³/mol. The van der Waals surface area contributed by atoms with E-state index in [1.54, 1.807) is 18.3 Å². The fraction of sp³-hybridized carbons (Fsp3) is 0.333. The van der Waals surface area contributed by atoms with Gasteiger partial charge in [0.05, 0.1) is 5.02 Å². The van der Waals surface area contributed by atoms with Gasteiger partial charge in [-0.15, -0.1) is 0 Å². The number of urea groups is 1. The number of carbonyl (C=O) groups is 1. The molecule has 6 heteroatoms. The van der Waals surface area contributed by atoms with Crippen molar-refractivity contribution >= 4 is 23.3 Å². The second kappa shape index (κ2) is 8.02. The minimum atomic E-state index is -0.162.